The first-order valence-corrected chi connectivity index (χ1v) is 23.2. The summed E-state index contributed by atoms with van der Waals surface area (Å²) in [6.45, 7) is 9.67. The fraction of sp³-hybridized carbons (Fsp3) is 0.440. The molecule has 2 unspecified atom stereocenters. The van der Waals surface area contributed by atoms with Crippen molar-refractivity contribution in [3.63, 3.8) is 0 Å². The number of aryl methyl sites for hydroxylation is 1. The van der Waals surface area contributed by atoms with Crippen LogP contribution in [0.2, 0.25) is 0 Å². The summed E-state index contributed by atoms with van der Waals surface area (Å²) in [6.07, 6.45) is 2.33. The number of fused-ring (bicyclic) bond motifs is 6. The van der Waals surface area contributed by atoms with Crippen LogP contribution in [0.15, 0.2) is 79.4 Å². The van der Waals surface area contributed by atoms with Gasteiger partial charge in [-0.3, -0.25) is 9.59 Å². The van der Waals surface area contributed by atoms with E-state index in [-0.39, 0.29) is 37.4 Å². The van der Waals surface area contributed by atoms with Crippen molar-refractivity contribution in [2.24, 2.45) is 0 Å². The van der Waals surface area contributed by atoms with Gasteiger partial charge in [-0.15, -0.1) is 11.6 Å². The molecule has 0 N–H and O–H groups in total. The summed E-state index contributed by atoms with van der Waals surface area (Å²) in [5, 5.41) is 1.69. The van der Waals surface area contributed by atoms with E-state index in [2.05, 4.69) is 17.5 Å². The Bertz CT molecular complexity index is 2470. The number of likely N-dealkylation sites (N-methyl/N-ethyl adjacent to an activating group) is 1. The van der Waals surface area contributed by atoms with Crippen molar-refractivity contribution in [3.05, 3.63) is 107 Å². The van der Waals surface area contributed by atoms with E-state index in [1.165, 1.54) is 11.0 Å². The van der Waals surface area contributed by atoms with Gasteiger partial charge in [0.15, 0.2) is 12.5 Å². The van der Waals surface area contributed by atoms with Gasteiger partial charge in [0.05, 0.1) is 29.6 Å². The van der Waals surface area contributed by atoms with Gasteiger partial charge in [-0.2, -0.15) is 0 Å². The van der Waals surface area contributed by atoms with Crippen LogP contribution in [0.3, 0.4) is 0 Å². The van der Waals surface area contributed by atoms with Crippen molar-refractivity contribution in [1.82, 2.24) is 14.7 Å². The molecule has 4 amide bonds. The second-order valence-corrected chi connectivity index (χ2v) is 17.8. The van der Waals surface area contributed by atoms with Crippen molar-refractivity contribution in [2.45, 2.75) is 76.5 Å². The zero-order chi connectivity index (χ0) is 45.2. The molecule has 0 saturated carbocycles. The zero-order valence-electron chi connectivity index (χ0n) is 37.0. The summed E-state index contributed by atoms with van der Waals surface area (Å²) in [7, 11) is 2.03. The van der Waals surface area contributed by atoms with Crippen LogP contribution in [0.5, 0.6) is 11.5 Å². The minimum atomic E-state index is -0.949. The molecule has 4 atom stereocenters. The van der Waals surface area contributed by atoms with Gasteiger partial charge in [0, 0.05) is 81.6 Å². The Hall–Kier alpha value is -5.67. The summed E-state index contributed by atoms with van der Waals surface area (Å²) >= 11 is 6.56. The number of nitrogens with zero attached hydrogens (tertiary/aromatic N) is 5. The second-order valence-electron chi connectivity index (χ2n) is 17.5. The van der Waals surface area contributed by atoms with Crippen molar-refractivity contribution in [3.8, 4) is 11.5 Å². The number of hydrogen-bond donors (Lipinski definition) is 0. The van der Waals surface area contributed by atoms with Gasteiger partial charge >= 0.3 is 12.2 Å². The standard InChI is InChI=1S/C50H56ClN5O9/c1-4-22-63-50(60)56-39-27-42(32(2)25-38(39)47(58)55-30-34-13-6-5-12-33(34)26-41(55)48(56)65-45-17-9-10-23-62-45)61-24-11-16-44(57)54-31-35(29-51)46-37-15-8-7-14-36(37)43(28-40(46)54)64-49(59)53-20-18-52(3)19-21-53/h4-8,12-15,25,27-28,35,41,45,48H,1,9-11,16-24,26,29-31H2,2-3H3/t35-,41+,45?,48?/m1/s1. The fourth-order valence-electron chi connectivity index (χ4n) is 9.77. The van der Waals surface area contributed by atoms with E-state index < -0.39 is 30.7 Å². The molecular formula is C50H56ClN5O9. The Balaban J connectivity index is 0.959. The monoisotopic (exact) mass is 905 g/mol. The number of halogens is 1. The highest BCUT2D eigenvalue weighted by molar-refractivity contribution is 6.19. The Labute approximate surface area is 384 Å². The maximum atomic E-state index is 14.7. The lowest BCUT2D eigenvalue weighted by atomic mass is 9.92. The van der Waals surface area contributed by atoms with E-state index in [0.717, 1.165) is 53.4 Å². The van der Waals surface area contributed by atoms with Crippen LogP contribution < -0.4 is 19.3 Å². The van der Waals surface area contributed by atoms with Gasteiger partial charge < -0.3 is 43.3 Å². The van der Waals surface area contributed by atoms with E-state index in [1.807, 2.05) is 62.5 Å². The number of carbonyl (C=O) groups excluding carboxylic acids is 4. The van der Waals surface area contributed by atoms with Crippen molar-refractivity contribution in [1.29, 1.82) is 0 Å². The fourth-order valence-corrected chi connectivity index (χ4v) is 10.0. The quantitative estimate of drug-likeness (QED) is 0.0830. The lowest BCUT2D eigenvalue weighted by molar-refractivity contribution is -0.197. The van der Waals surface area contributed by atoms with Crippen molar-refractivity contribution in [2.75, 3.05) is 75.3 Å². The molecule has 4 aromatic rings. The van der Waals surface area contributed by atoms with Gasteiger partial charge in [0.2, 0.25) is 5.91 Å². The van der Waals surface area contributed by atoms with Crippen molar-refractivity contribution < 1.29 is 42.9 Å². The predicted molar refractivity (Wildman–Crippen MR) is 247 cm³/mol. The second kappa shape index (κ2) is 19.4. The number of piperazine rings is 1. The molecule has 0 spiro atoms. The van der Waals surface area contributed by atoms with Crippen molar-refractivity contribution >= 4 is 57.7 Å². The average Bonchev–Trinajstić information content (AvgIpc) is 3.67. The molecule has 5 heterocycles. The first kappa shape index (κ1) is 44.5. The third-order valence-corrected chi connectivity index (χ3v) is 13.6. The molecule has 14 nitrogen and oxygen atoms in total. The lowest BCUT2D eigenvalue weighted by Gasteiger charge is -2.43. The van der Waals surface area contributed by atoms with Crippen LogP contribution >= 0.6 is 11.6 Å². The summed E-state index contributed by atoms with van der Waals surface area (Å²) in [5.41, 5.74) is 5.08. The topological polar surface area (TPSA) is 131 Å². The summed E-state index contributed by atoms with van der Waals surface area (Å²) in [5.74, 6) is 0.706. The number of rotatable bonds is 11. The molecule has 2 saturated heterocycles. The van der Waals surface area contributed by atoms with Gasteiger partial charge in [-0.1, -0.05) is 61.2 Å². The van der Waals surface area contributed by atoms with E-state index >= 15 is 0 Å². The number of anilines is 2. The minimum absolute atomic E-state index is 0.0435. The zero-order valence-corrected chi connectivity index (χ0v) is 37.8. The first-order chi connectivity index (χ1) is 31.6. The molecule has 0 radical (unpaired) electrons. The first-order valence-electron chi connectivity index (χ1n) is 22.7. The molecule has 5 aliphatic heterocycles. The SMILES string of the molecule is C=CCOC(=O)N1c2cc(OCCCC(=O)N3C[C@@H](CCl)c4c3cc(OC(=O)N3CCN(C)CC3)c3ccccc43)c(C)cc2C(=O)N2Cc3ccccc3C[C@H]2C1OC1CCCCO1. The smallest absolute Gasteiger partial charge is 0.416 e. The van der Waals surface area contributed by atoms with Gasteiger partial charge in [-0.25, -0.2) is 14.5 Å². The van der Waals surface area contributed by atoms with Crippen LogP contribution in [0.1, 0.15) is 70.6 Å². The molecule has 65 heavy (non-hydrogen) atoms. The maximum absolute atomic E-state index is 14.7. The Morgan fingerprint density at radius 3 is 2.43 bits per heavy atom. The number of alkyl halides is 1. The summed E-state index contributed by atoms with van der Waals surface area (Å²) in [6, 6.07) is 20.5. The third kappa shape index (κ3) is 9.01. The Kier molecular flexibility index (Phi) is 13.3. The Morgan fingerprint density at radius 1 is 0.923 bits per heavy atom. The molecule has 0 aromatic heterocycles. The van der Waals surface area contributed by atoms with Crippen LogP contribution in [0.4, 0.5) is 21.0 Å². The molecule has 15 heteroatoms. The highest BCUT2D eigenvalue weighted by Crippen LogP contribution is 2.46. The Morgan fingerprint density at radius 2 is 1.68 bits per heavy atom. The summed E-state index contributed by atoms with van der Waals surface area (Å²) < 4.78 is 31.0. The number of benzene rings is 4. The largest absolute Gasteiger partial charge is 0.493 e. The van der Waals surface area contributed by atoms with E-state index in [1.54, 1.807) is 26.8 Å². The summed E-state index contributed by atoms with van der Waals surface area (Å²) in [4.78, 5) is 65.4. The van der Waals surface area contributed by atoms with Crippen LogP contribution in [-0.2, 0) is 32.0 Å². The number of hydrogen-bond acceptors (Lipinski definition) is 10. The van der Waals surface area contributed by atoms with Crippen LogP contribution in [0.25, 0.3) is 10.8 Å². The molecule has 9 rings (SSSR count). The molecule has 0 aliphatic carbocycles. The van der Waals surface area contributed by atoms with Gasteiger partial charge in [-0.05, 0) is 79.8 Å². The third-order valence-electron chi connectivity index (χ3n) is 13.2. The number of amides is 4. The molecule has 342 valence electrons. The molecule has 4 aromatic carbocycles. The molecule has 0 bridgehead atoms. The minimum Gasteiger partial charge on any atom is -0.493 e. The van der Waals surface area contributed by atoms with Crippen LogP contribution in [0, 0.1) is 6.92 Å². The molecule has 2 fully saturated rings. The van der Waals surface area contributed by atoms with E-state index in [0.29, 0.717) is 91.9 Å². The maximum Gasteiger partial charge on any atom is 0.416 e. The van der Waals surface area contributed by atoms with E-state index in [9.17, 15) is 19.2 Å². The molecule has 5 aliphatic rings. The van der Waals surface area contributed by atoms with E-state index in [4.69, 9.17) is 35.3 Å². The predicted octanol–water partition coefficient (Wildman–Crippen LogP) is 8.00. The number of ether oxygens (including phenoxy) is 5. The highest BCUT2D eigenvalue weighted by atomic mass is 35.5. The van der Waals surface area contributed by atoms with Gasteiger partial charge in [0.25, 0.3) is 5.91 Å². The van der Waals surface area contributed by atoms with Gasteiger partial charge in [0.1, 0.15) is 18.1 Å². The normalized spacial score (nSPS) is 21.8. The average molecular weight is 906 g/mol. The molecular weight excluding hydrogens is 850 g/mol. The van der Waals surface area contributed by atoms with Crippen LogP contribution in [-0.4, -0.2) is 123 Å². The highest BCUT2D eigenvalue weighted by Gasteiger charge is 2.48. The lowest BCUT2D eigenvalue weighted by Crippen LogP contribution is -2.58. The number of carbonyl (C=O) groups is 4.